The van der Waals surface area contributed by atoms with Gasteiger partial charge in [-0.2, -0.15) is 0 Å². The normalized spacial score (nSPS) is 25.6. The number of rotatable bonds is 1. The Hall–Kier alpha value is -0.960. The van der Waals surface area contributed by atoms with Crippen molar-refractivity contribution < 1.29 is 13.9 Å². The van der Waals surface area contributed by atoms with Crippen molar-refractivity contribution in [3.05, 3.63) is 34.9 Å². The smallest absolute Gasteiger partial charge is 0.162 e. The first-order chi connectivity index (χ1) is 8.09. The summed E-state index contributed by atoms with van der Waals surface area (Å²) in [4.78, 5) is 0. The van der Waals surface area contributed by atoms with Gasteiger partial charge < -0.3 is 5.11 Å². The lowest BCUT2D eigenvalue weighted by Gasteiger charge is -2.18. The minimum atomic E-state index is -0.749. The number of benzene rings is 1. The minimum Gasteiger partial charge on any atom is -0.393 e. The molecule has 1 aromatic rings. The second-order valence-electron chi connectivity index (χ2n) is 4.97. The van der Waals surface area contributed by atoms with Gasteiger partial charge in [-0.3, -0.25) is 0 Å². The van der Waals surface area contributed by atoms with Crippen molar-refractivity contribution >= 4 is 0 Å². The molecule has 1 aromatic carbocycles. The summed E-state index contributed by atoms with van der Waals surface area (Å²) in [6.07, 6.45) is 3.69. The van der Waals surface area contributed by atoms with E-state index in [-0.39, 0.29) is 12.0 Å². The van der Waals surface area contributed by atoms with Gasteiger partial charge in [0.2, 0.25) is 0 Å². The van der Waals surface area contributed by atoms with E-state index in [0.29, 0.717) is 17.5 Å². The SMILES string of the molecule is Cc1ccc(C2CCCCC(O)C2)c(F)c1F. The Kier molecular flexibility index (Phi) is 3.77. The maximum Gasteiger partial charge on any atom is 0.162 e. The molecule has 2 rings (SSSR count). The van der Waals surface area contributed by atoms with Gasteiger partial charge in [0.05, 0.1) is 6.10 Å². The maximum absolute atomic E-state index is 13.9. The maximum atomic E-state index is 13.9. The van der Waals surface area contributed by atoms with E-state index in [1.54, 1.807) is 19.1 Å². The molecule has 0 aromatic heterocycles. The predicted octanol–water partition coefficient (Wildman–Crippen LogP) is 3.68. The fraction of sp³-hybridized carbons (Fsp3) is 0.571. The first-order valence-electron chi connectivity index (χ1n) is 6.22. The molecule has 1 saturated carbocycles. The van der Waals surface area contributed by atoms with Crippen molar-refractivity contribution in [3.63, 3.8) is 0 Å². The highest BCUT2D eigenvalue weighted by Gasteiger charge is 2.24. The lowest BCUT2D eigenvalue weighted by Crippen LogP contribution is -2.11. The van der Waals surface area contributed by atoms with Crippen molar-refractivity contribution in [2.75, 3.05) is 0 Å². The second-order valence-corrected chi connectivity index (χ2v) is 4.97. The first kappa shape index (κ1) is 12.5. The van der Waals surface area contributed by atoms with Gasteiger partial charge in [0.1, 0.15) is 0 Å². The highest BCUT2D eigenvalue weighted by Crippen LogP contribution is 2.34. The molecule has 1 aliphatic carbocycles. The summed E-state index contributed by atoms with van der Waals surface area (Å²) < 4.78 is 27.4. The zero-order valence-corrected chi connectivity index (χ0v) is 10.0. The zero-order chi connectivity index (χ0) is 12.4. The summed E-state index contributed by atoms with van der Waals surface area (Å²) in [6, 6.07) is 3.28. The molecular formula is C14H18F2O. The van der Waals surface area contributed by atoms with Gasteiger partial charge in [0.15, 0.2) is 11.6 Å². The molecule has 2 unspecified atom stereocenters. The highest BCUT2D eigenvalue weighted by atomic mass is 19.2. The standard InChI is InChI=1S/C14H18F2O/c1-9-6-7-12(14(16)13(9)15)10-4-2-3-5-11(17)8-10/h6-7,10-11,17H,2-5,8H2,1H3. The average Bonchev–Trinajstić information content (AvgIpc) is 2.51. The Labute approximate surface area is 100 Å². The van der Waals surface area contributed by atoms with E-state index in [9.17, 15) is 13.9 Å². The van der Waals surface area contributed by atoms with Crippen molar-refractivity contribution in [1.29, 1.82) is 0 Å². The number of hydrogen-bond acceptors (Lipinski definition) is 1. The van der Waals surface area contributed by atoms with Gasteiger partial charge in [-0.05, 0) is 43.2 Å². The van der Waals surface area contributed by atoms with Gasteiger partial charge in [-0.1, -0.05) is 25.0 Å². The van der Waals surface area contributed by atoms with Crippen LogP contribution in [0.15, 0.2) is 12.1 Å². The Morgan fingerprint density at radius 2 is 1.82 bits per heavy atom. The average molecular weight is 240 g/mol. The van der Waals surface area contributed by atoms with Gasteiger partial charge >= 0.3 is 0 Å². The van der Waals surface area contributed by atoms with Crippen LogP contribution in [0, 0.1) is 18.6 Å². The van der Waals surface area contributed by atoms with E-state index in [1.807, 2.05) is 0 Å². The Bertz CT molecular complexity index is 403. The van der Waals surface area contributed by atoms with E-state index in [1.165, 1.54) is 0 Å². The van der Waals surface area contributed by atoms with Gasteiger partial charge in [0.25, 0.3) is 0 Å². The van der Waals surface area contributed by atoms with Gasteiger partial charge in [-0.15, -0.1) is 0 Å². The van der Waals surface area contributed by atoms with Crippen LogP contribution < -0.4 is 0 Å². The Morgan fingerprint density at radius 3 is 2.59 bits per heavy atom. The number of halogens is 2. The molecule has 0 amide bonds. The van der Waals surface area contributed by atoms with Gasteiger partial charge in [-0.25, -0.2) is 8.78 Å². The van der Waals surface area contributed by atoms with E-state index in [0.717, 1.165) is 25.7 Å². The third-order valence-electron chi connectivity index (χ3n) is 3.64. The Balaban J connectivity index is 2.29. The molecule has 0 spiro atoms. The van der Waals surface area contributed by atoms with Crippen LogP contribution in [-0.4, -0.2) is 11.2 Å². The molecule has 0 aliphatic heterocycles. The van der Waals surface area contributed by atoms with Crippen LogP contribution in [0.4, 0.5) is 8.78 Å². The third kappa shape index (κ3) is 2.65. The molecule has 3 heteroatoms. The monoisotopic (exact) mass is 240 g/mol. The van der Waals surface area contributed by atoms with Crippen molar-refractivity contribution in [1.82, 2.24) is 0 Å². The van der Waals surface area contributed by atoms with Crippen LogP contribution in [-0.2, 0) is 0 Å². The molecule has 1 aliphatic rings. The lowest BCUT2D eigenvalue weighted by atomic mass is 9.90. The molecule has 0 radical (unpaired) electrons. The zero-order valence-electron chi connectivity index (χ0n) is 10.0. The molecule has 17 heavy (non-hydrogen) atoms. The molecule has 1 N–H and O–H groups in total. The number of aryl methyl sites for hydroxylation is 1. The van der Waals surface area contributed by atoms with E-state index >= 15 is 0 Å². The number of hydrogen-bond donors (Lipinski definition) is 1. The van der Waals surface area contributed by atoms with Crippen LogP contribution in [0.25, 0.3) is 0 Å². The molecular weight excluding hydrogens is 222 g/mol. The highest BCUT2D eigenvalue weighted by molar-refractivity contribution is 5.28. The quantitative estimate of drug-likeness (QED) is 0.742. The van der Waals surface area contributed by atoms with Crippen molar-refractivity contribution in [3.8, 4) is 0 Å². The molecule has 0 bridgehead atoms. The number of aliphatic hydroxyl groups is 1. The fourth-order valence-corrected chi connectivity index (χ4v) is 2.59. The topological polar surface area (TPSA) is 20.2 Å². The van der Waals surface area contributed by atoms with E-state index < -0.39 is 11.6 Å². The summed E-state index contributed by atoms with van der Waals surface area (Å²) >= 11 is 0. The summed E-state index contributed by atoms with van der Waals surface area (Å²) in [5.41, 5.74) is 0.759. The van der Waals surface area contributed by atoms with Crippen LogP contribution in [0.2, 0.25) is 0 Å². The summed E-state index contributed by atoms with van der Waals surface area (Å²) in [7, 11) is 0. The Morgan fingerprint density at radius 1 is 1.12 bits per heavy atom. The van der Waals surface area contributed by atoms with Crippen LogP contribution in [0.1, 0.15) is 49.1 Å². The van der Waals surface area contributed by atoms with E-state index in [2.05, 4.69) is 0 Å². The third-order valence-corrected chi connectivity index (χ3v) is 3.64. The van der Waals surface area contributed by atoms with Crippen LogP contribution >= 0.6 is 0 Å². The predicted molar refractivity (Wildman–Crippen MR) is 62.9 cm³/mol. The molecule has 2 atom stereocenters. The largest absolute Gasteiger partial charge is 0.393 e. The molecule has 94 valence electrons. The lowest BCUT2D eigenvalue weighted by molar-refractivity contribution is 0.151. The summed E-state index contributed by atoms with van der Waals surface area (Å²) in [5, 5.41) is 9.72. The minimum absolute atomic E-state index is 0.0531. The van der Waals surface area contributed by atoms with Gasteiger partial charge in [0, 0.05) is 0 Å². The van der Waals surface area contributed by atoms with Crippen molar-refractivity contribution in [2.24, 2.45) is 0 Å². The molecule has 1 nitrogen and oxygen atoms in total. The second kappa shape index (κ2) is 5.13. The van der Waals surface area contributed by atoms with E-state index in [4.69, 9.17) is 0 Å². The molecule has 1 fully saturated rings. The first-order valence-corrected chi connectivity index (χ1v) is 6.22. The number of aliphatic hydroxyl groups excluding tert-OH is 1. The summed E-state index contributed by atoms with van der Waals surface area (Å²) in [6.45, 7) is 1.56. The summed E-state index contributed by atoms with van der Waals surface area (Å²) in [5.74, 6) is -1.53. The van der Waals surface area contributed by atoms with Crippen LogP contribution in [0.5, 0.6) is 0 Å². The molecule has 0 saturated heterocycles. The molecule has 0 heterocycles. The van der Waals surface area contributed by atoms with Crippen LogP contribution in [0.3, 0.4) is 0 Å². The van der Waals surface area contributed by atoms with Crippen molar-refractivity contribution in [2.45, 2.75) is 51.0 Å². The fourth-order valence-electron chi connectivity index (χ4n) is 2.59.